The van der Waals surface area contributed by atoms with Crippen molar-refractivity contribution in [2.24, 2.45) is 0 Å². The maximum atomic E-state index is 2.50. The van der Waals surface area contributed by atoms with E-state index in [1.807, 2.05) is 0 Å². The van der Waals surface area contributed by atoms with Crippen LogP contribution in [-0.4, -0.2) is 9.13 Å². The molecule has 0 aliphatic heterocycles. The average Bonchev–Trinajstić information content (AvgIpc) is 3.62. The molecule has 1 aliphatic carbocycles. The molecular weight excluding hydrogens is 532 g/mol. The molecule has 208 valence electrons. The highest BCUT2D eigenvalue weighted by molar-refractivity contribution is 6.14. The molecule has 0 radical (unpaired) electrons. The molecule has 2 heterocycles. The predicted molar refractivity (Wildman–Crippen MR) is 185 cm³/mol. The number of hydrogen-bond donors (Lipinski definition) is 0. The molecule has 0 fully saturated rings. The number of hydrogen-bond acceptors (Lipinski definition) is 0. The summed E-state index contributed by atoms with van der Waals surface area (Å²) in [4.78, 5) is 0. The first-order valence-corrected chi connectivity index (χ1v) is 15.4. The van der Waals surface area contributed by atoms with E-state index >= 15 is 0 Å². The van der Waals surface area contributed by atoms with Crippen molar-refractivity contribution in [1.29, 1.82) is 0 Å². The highest BCUT2D eigenvalue weighted by Crippen LogP contribution is 2.44. The van der Waals surface area contributed by atoms with Crippen molar-refractivity contribution < 1.29 is 0 Å². The Morgan fingerprint density at radius 1 is 0.432 bits per heavy atom. The van der Waals surface area contributed by atoms with Crippen molar-refractivity contribution in [3.8, 4) is 22.5 Å². The van der Waals surface area contributed by atoms with Gasteiger partial charge in [-0.15, -0.1) is 0 Å². The van der Waals surface area contributed by atoms with Gasteiger partial charge in [0.1, 0.15) is 0 Å². The smallest absolute Gasteiger partial charge is 0.0619 e. The average molecular weight is 563 g/mol. The van der Waals surface area contributed by atoms with Crippen molar-refractivity contribution in [2.45, 2.75) is 12.8 Å². The van der Waals surface area contributed by atoms with Crippen LogP contribution < -0.4 is 0 Å². The summed E-state index contributed by atoms with van der Waals surface area (Å²) in [5, 5.41) is 3.88. The monoisotopic (exact) mass is 562 g/mol. The minimum atomic E-state index is 1.00. The predicted octanol–water partition coefficient (Wildman–Crippen LogP) is 10.8. The second-order valence-electron chi connectivity index (χ2n) is 11.6. The number of para-hydroxylation sites is 4. The summed E-state index contributed by atoms with van der Waals surface area (Å²) in [6.45, 7) is 0. The van der Waals surface area contributed by atoms with Gasteiger partial charge in [0, 0.05) is 44.4 Å². The molecule has 0 saturated carbocycles. The molecule has 0 bridgehead atoms. The van der Waals surface area contributed by atoms with Gasteiger partial charge in [-0.2, -0.15) is 0 Å². The van der Waals surface area contributed by atoms with Crippen LogP contribution in [0.15, 0.2) is 158 Å². The van der Waals surface area contributed by atoms with E-state index in [-0.39, 0.29) is 0 Å². The van der Waals surface area contributed by atoms with E-state index in [0.717, 1.165) is 12.8 Å². The normalized spacial score (nSPS) is 13.0. The Balaban J connectivity index is 1.29. The van der Waals surface area contributed by atoms with Gasteiger partial charge >= 0.3 is 0 Å². The molecule has 2 aromatic heterocycles. The summed E-state index contributed by atoms with van der Waals surface area (Å²) in [5.74, 6) is 0. The van der Waals surface area contributed by atoms with Crippen LogP contribution >= 0.6 is 0 Å². The van der Waals surface area contributed by atoms with Gasteiger partial charge in [-0.05, 0) is 65.9 Å². The Hall–Kier alpha value is -5.60. The molecule has 6 aromatic carbocycles. The first-order valence-electron chi connectivity index (χ1n) is 15.4. The fourth-order valence-electron chi connectivity index (χ4n) is 7.34. The molecule has 2 heteroatoms. The SMILES string of the molecule is C1=C(c2cccc3c4ccccc4n(-c4ccccc4)c23)c2c(n(-c3ccc(-c4ccccc4)cc3)c3ccccc23)CC1. The topological polar surface area (TPSA) is 9.86 Å². The highest BCUT2D eigenvalue weighted by Gasteiger charge is 2.26. The first kappa shape index (κ1) is 24.9. The Morgan fingerprint density at radius 2 is 1.02 bits per heavy atom. The van der Waals surface area contributed by atoms with Crippen molar-refractivity contribution in [2.75, 3.05) is 0 Å². The molecule has 0 N–H and O–H groups in total. The lowest BCUT2D eigenvalue weighted by Crippen LogP contribution is -2.06. The molecule has 0 spiro atoms. The number of benzene rings is 6. The number of fused-ring (bicyclic) bond motifs is 6. The quantitative estimate of drug-likeness (QED) is 0.202. The van der Waals surface area contributed by atoms with Gasteiger partial charge in [0.05, 0.1) is 16.6 Å². The van der Waals surface area contributed by atoms with E-state index in [1.165, 1.54) is 77.6 Å². The second-order valence-corrected chi connectivity index (χ2v) is 11.6. The third-order valence-corrected chi connectivity index (χ3v) is 9.20. The van der Waals surface area contributed by atoms with Crippen molar-refractivity contribution in [3.63, 3.8) is 0 Å². The van der Waals surface area contributed by atoms with Gasteiger partial charge in [0.25, 0.3) is 0 Å². The minimum absolute atomic E-state index is 1.00. The van der Waals surface area contributed by atoms with Crippen molar-refractivity contribution >= 4 is 38.3 Å². The number of allylic oxidation sites excluding steroid dienone is 1. The van der Waals surface area contributed by atoms with E-state index < -0.39 is 0 Å². The van der Waals surface area contributed by atoms with Gasteiger partial charge < -0.3 is 9.13 Å². The molecule has 1 aliphatic rings. The molecule has 0 amide bonds. The molecular formula is C42H30N2. The number of aromatic nitrogens is 2. The Bertz CT molecular complexity index is 2350. The van der Waals surface area contributed by atoms with Gasteiger partial charge in [-0.3, -0.25) is 0 Å². The second kappa shape index (κ2) is 10.00. The van der Waals surface area contributed by atoms with Crippen LogP contribution in [0, 0.1) is 0 Å². The first-order chi connectivity index (χ1) is 21.9. The van der Waals surface area contributed by atoms with E-state index in [1.54, 1.807) is 0 Å². The summed E-state index contributed by atoms with van der Waals surface area (Å²) in [6, 6.07) is 55.0. The summed E-state index contributed by atoms with van der Waals surface area (Å²) < 4.78 is 4.95. The van der Waals surface area contributed by atoms with Crippen LogP contribution in [0.1, 0.15) is 23.2 Å². The van der Waals surface area contributed by atoms with Crippen LogP contribution in [0.3, 0.4) is 0 Å². The van der Waals surface area contributed by atoms with Crippen LogP contribution in [-0.2, 0) is 6.42 Å². The zero-order chi connectivity index (χ0) is 29.0. The fraction of sp³-hybridized carbons (Fsp3) is 0.0476. The third kappa shape index (κ3) is 3.74. The van der Waals surface area contributed by atoms with Crippen LogP contribution in [0.5, 0.6) is 0 Å². The van der Waals surface area contributed by atoms with Gasteiger partial charge in [-0.25, -0.2) is 0 Å². The van der Waals surface area contributed by atoms with E-state index in [4.69, 9.17) is 0 Å². The van der Waals surface area contributed by atoms with Gasteiger partial charge in [0.2, 0.25) is 0 Å². The molecule has 0 unspecified atom stereocenters. The number of nitrogens with zero attached hydrogens (tertiary/aromatic N) is 2. The lowest BCUT2D eigenvalue weighted by Gasteiger charge is -2.20. The van der Waals surface area contributed by atoms with Gasteiger partial charge in [0.15, 0.2) is 0 Å². The summed E-state index contributed by atoms with van der Waals surface area (Å²) >= 11 is 0. The minimum Gasteiger partial charge on any atom is -0.313 e. The summed E-state index contributed by atoms with van der Waals surface area (Å²) in [5.41, 5.74) is 14.0. The Labute approximate surface area is 256 Å². The van der Waals surface area contributed by atoms with Crippen molar-refractivity contribution in [3.05, 3.63) is 175 Å². The van der Waals surface area contributed by atoms with Crippen LogP contribution in [0.4, 0.5) is 0 Å². The zero-order valence-corrected chi connectivity index (χ0v) is 24.3. The largest absolute Gasteiger partial charge is 0.313 e. The molecule has 9 rings (SSSR count). The fourth-order valence-corrected chi connectivity index (χ4v) is 7.34. The number of rotatable bonds is 4. The molecule has 44 heavy (non-hydrogen) atoms. The maximum Gasteiger partial charge on any atom is 0.0619 e. The van der Waals surface area contributed by atoms with Gasteiger partial charge in [-0.1, -0.05) is 121 Å². The lowest BCUT2D eigenvalue weighted by atomic mass is 9.88. The van der Waals surface area contributed by atoms with E-state index in [0.29, 0.717) is 0 Å². The molecule has 0 saturated heterocycles. The molecule has 0 atom stereocenters. The van der Waals surface area contributed by atoms with E-state index in [2.05, 4.69) is 167 Å². The summed E-state index contributed by atoms with van der Waals surface area (Å²) in [7, 11) is 0. The van der Waals surface area contributed by atoms with Crippen LogP contribution in [0.2, 0.25) is 0 Å². The summed E-state index contributed by atoms with van der Waals surface area (Å²) in [6.07, 6.45) is 4.48. The molecule has 2 nitrogen and oxygen atoms in total. The zero-order valence-electron chi connectivity index (χ0n) is 24.3. The standard InChI is InChI=1S/C42H30N2/c1-3-13-29(14-4-1)30-25-27-32(28-26-30)43-39-23-10-8-18-37(39)41-34(19-12-24-40(41)43)36-21-11-20-35-33-17-7-9-22-38(33)44(42(35)36)31-15-5-2-6-16-31/h1-11,13-23,25-28H,12,24H2. The Kier molecular flexibility index (Phi) is 5.67. The van der Waals surface area contributed by atoms with Crippen LogP contribution in [0.25, 0.3) is 60.8 Å². The third-order valence-electron chi connectivity index (χ3n) is 9.20. The maximum absolute atomic E-state index is 2.50. The Morgan fingerprint density at radius 3 is 1.80 bits per heavy atom. The van der Waals surface area contributed by atoms with E-state index in [9.17, 15) is 0 Å². The lowest BCUT2D eigenvalue weighted by molar-refractivity contribution is 0.884. The van der Waals surface area contributed by atoms with Crippen molar-refractivity contribution in [1.82, 2.24) is 9.13 Å². The highest BCUT2D eigenvalue weighted by atomic mass is 15.0. The molecule has 8 aromatic rings.